The van der Waals surface area contributed by atoms with Crippen molar-refractivity contribution in [2.75, 3.05) is 27.2 Å². The fraction of sp³-hybridized carbons (Fsp3) is 0.444. The number of guanidine groups is 1. The first-order valence-corrected chi connectivity index (χ1v) is 8.59. The number of aliphatic imine (C=N–C) groups is 1. The van der Waals surface area contributed by atoms with Crippen LogP contribution in [-0.2, 0) is 13.6 Å². The molecule has 8 heteroatoms. The molecule has 0 spiro atoms. The molecule has 0 aliphatic rings. The van der Waals surface area contributed by atoms with Crippen LogP contribution in [0.4, 0.5) is 0 Å². The Bertz CT molecular complexity index is 730. The summed E-state index contributed by atoms with van der Waals surface area (Å²) in [6.45, 7) is 6.07. The summed E-state index contributed by atoms with van der Waals surface area (Å²) in [5.74, 6) is 1.63. The normalized spacial score (nSPS) is 11.1. The molecule has 26 heavy (non-hydrogen) atoms. The Morgan fingerprint density at radius 1 is 1.31 bits per heavy atom. The molecule has 0 aliphatic carbocycles. The first-order valence-electron chi connectivity index (χ1n) is 8.21. The van der Waals surface area contributed by atoms with Crippen LogP contribution < -0.4 is 10.1 Å². The third kappa shape index (κ3) is 6.05. The average Bonchev–Trinajstić information content (AvgIpc) is 2.83. The van der Waals surface area contributed by atoms with Crippen LogP contribution in [0.3, 0.4) is 0 Å². The molecule has 1 N–H and O–H groups in total. The van der Waals surface area contributed by atoms with Crippen molar-refractivity contribution in [3.05, 3.63) is 46.2 Å². The van der Waals surface area contributed by atoms with E-state index in [0.717, 1.165) is 23.1 Å². The van der Waals surface area contributed by atoms with E-state index in [0.29, 0.717) is 24.7 Å². The van der Waals surface area contributed by atoms with E-state index in [1.807, 2.05) is 54.9 Å². The minimum Gasteiger partial charge on any atom is -0.492 e. The van der Waals surface area contributed by atoms with E-state index in [4.69, 9.17) is 16.3 Å². The molecular weight excluding hydrogens is 465 g/mol. The molecule has 1 aromatic heterocycles. The number of halogens is 2. The van der Waals surface area contributed by atoms with Gasteiger partial charge < -0.3 is 15.0 Å². The maximum absolute atomic E-state index is 5.87. The summed E-state index contributed by atoms with van der Waals surface area (Å²) in [5, 5.41) is 8.53. The molecule has 0 atom stereocenters. The molecule has 0 aliphatic heterocycles. The third-order valence-electron chi connectivity index (χ3n) is 4.16. The maximum atomic E-state index is 5.87. The van der Waals surface area contributed by atoms with E-state index in [1.165, 1.54) is 5.56 Å². The highest BCUT2D eigenvalue weighted by atomic mass is 127. The summed E-state index contributed by atoms with van der Waals surface area (Å²) in [4.78, 5) is 6.38. The van der Waals surface area contributed by atoms with Crippen LogP contribution >= 0.6 is 35.6 Å². The van der Waals surface area contributed by atoms with Gasteiger partial charge in [-0.2, -0.15) is 5.10 Å². The van der Waals surface area contributed by atoms with Gasteiger partial charge in [-0.3, -0.25) is 9.67 Å². The van der Waals surface area contributed by atoms with Crippen LogP contribution in [0.15, 0.2) is 29.3 Å². The lowest BCUT2D eigenvalue weighted by molar-refractivity contribution is 0.281. The van der Waals surface area contributed by atoms with E-state index in [-0.39, 0.29) is 24.0 Å². The van der Waals surface area contributed by atoms with Crippen molar-refractivity contribution in [1.82, 2.24) is 20.0 Å². The minimum atomic E-state index is 0. The molecule has 0 saturated heterocycles. The van der Waals surface area contributed by atoms with Gasteiger partial charge in [0, 0.05) is 44.0 Å². The van der Waals surface area contributed by atoms with Gasteiger partial charge >= 0.3 is 0 Å². The molecule has 1 aromatic carbocycles. The number of aryl methyl sites for hydroxylation is 2. The van der Waals surface area contributed by atoms with Gasteiger partial charge in [-0.1, -0.05) is 11.6 Å². The van der Waals surface area contributed by atoms with E-state index < -0.39 is 0 Å². The molecule has 2 rings (SSSR count). The van der Waals surface area contributed by atoms with Crippen molar-refractivity contribution in [3.8, 4) is 5.75 Å². The Morgan fingerprint density at radius 2 is 1.96 bits per heavy atom. The van der Waals surface area contributed by atoms with Crippen LogP contribution in [0, 0.1) is 13.8 Å². The predicted molar refractivity (Wildman–Crippen MR) is 118 cm³/mol. The summed E-state index contributed by atoms with van der Waals surface area (Å²) in [5.41, 5.74) is 3.40. The van der Waals surface area contributed by atoms with E-state index in [2.05, 4.69) is 22.3 Å². The molecular formula is C18H27ClIN5O. The predicted octanol–water partition coefficient (Wildman–Crippen LogP) is 3.39. The Hall–Kier alpha value is -1.48. The van der Waals surface area contributed by atoms with Crippen LogP contribution in [0.5, 0.6) is 5.75 Å². The monoisotopic (exact) mass is 491 g/mol. The second-order valence-electron chi connectivity index (χ2n) is 5.90. The fourth-order valence-electron chi connectivity index (χ4n) is 2.56. The Balaban J connectivity index is 0.00000338. The summed E-state index contributed by atoms with van der Waals surface area (Å²) >= 11 is 5.87. The van der Waals surface area contributed by atoms with E-state index in [9.17, 15) is 0 Å². The van der Waals surface area contributed by atoms with Crippen LogP contribution in [0.25, 0.3) is 0 Å². The van der Waals surface area contributed by atoms with Gasteiger partial charge in [-0.25, -0.2) is 0 Å². The van der Waals surface area contributed by atoms with Crippen molar-refractivity contribution in [2.24, 2.45) is 12.0 Å². The SMILES string of the molecule is CN=C(NCc1c(C)nn(C)c1C)N(C)CCOc1ccc(Cl)cc1.I. The largest absolute Gasteiger partial charge is 0.492 e. The Kier molecular flexibility index (Phi) is 9.21. The third-order valence-corrected chi connectivity index (χ3v) is 4.42. The summed E-state index contributed by atoms with van der Waals surface area (Å²) in [6.07, 6.45) is 0. The number of aromatic nitrogens is 2. The average molecular weight is 492 g/mol. The number of nitrogens with one attached hydrogen (secondary N) is 1. The second kappa shape index (κ2) is 10.6. The molecule has 0 fully saturated rings. The standard InChI is InChI=1S/C18H26ClN5O.HI/c1-13-17(14(2)24(5)22-13)12-21-18(20-3)23(4)10-11-25-16-8-6-15(19)7-9-16;/h6-9H,10-12H2,1-5H3,(H,20,21);1H. The molecule has 0 saturated carbocycles. The number of rotatable bonds is 6. The van der Waals surface area contributed by atoms with Gasteiger partial charge in [0.15, 0.2) is 5.96 Å². The summed E-state index contributed by atoms with van der Waals surface area (Å²) < 4.78 is 7.64. The zero-order valence-electron chi connectivity index (χ0n) is 15.9. The maximum Gasteiger partial charge on any atom is 0.193 e. The zero-order valence-corrected chi connectivity index (χ0v) is 19.0. The van der Waals surface area contributed by atoms with Gasteiger partial charge in [0.2, 0.25) is 0 Å². The van der Waals surface area contributed by atoms with E-state index >= 15 is 0 Å². The fourth-order valence-corrected chi connectivity index (χ4v) is 2.69. The zero-order chi connectivity index (χ0) is 18.4. The number of ether oxygens (including phenoxy) is 1. The van der Waals surface area contributed by atoms with Gasteiger partial charge in [0.05, 0.1) is 12.2 Å². The molecule has 0 bridgehead atoms. The summed E-state index contributed by atoms with van der Waals surface area (Å²) in [6, 6.07) is 7.37. The highest BCUT2D eigenvalue weighted by Crippen LogP contribution is 2.15. The van der Waals surface area contributed by atoms with Crippen molar-refractivity contribution in [1.29, 1.82) is 0 Å². The molecule has 144 valence electrons. The van der Waals surface area contributed by atoms with Crippen molar-refractivity contribution in [3.63, 3.8) is 0 Å². The van der Waals surface area contributed by atoms with Gasteiger partial charge in [-0.05, 0) is 38.1 Å². The molecule has 0 radical (unpaired) electrons. The molecule has 2 aromatic rings. The molecule has 0 amide bonds. The lowest BCUT2D eigenvalue weighted by Gasteiger charge is -2.22. The van der Waals surface area contributed by atoms with Crippen molar-refractivity contribution >= 4 is 41.5 Å². The van der Waals surface area contributed by atoms with E-state index in [1.54, 1.807) is 7.05 Å². The van der Waals surface area contributed by atoms with Gasteiger partial charge in [0.25, 0.3) is 0 Å². The lowest BCUT2D eigenvalue weighted by atomic mass is 10.2. The minimum absolute atomic E-state index is 0. The number of benzene rings is 1. The number of likely N-dealkylation sites (N-methyl/N-ethyl adjacent to an activating group) is 1. The van der Waals surface area contributed by atoms with Crippen molar-refractivity contribution < 1.29 is 4.74 Å². The number of nitrogens with zero attached hydrogens (tertiary/aromatic N) is 4. The lowest BCUT2D eigenvalue weighted by Crippen LogP contribution is -2.40. The molecule has 1 heterocycles. The smallest absolute Gasteiger partial charge is 0.193 e. The number of hydrogen-bond acceptors (Lipinski definition) is 3. The Morgan fingerprint density at radius 3 is 2.50 bits per heavy atom. The summed E-state index contributed by atoms with van der Waals surface area (Å²) in [7, 11) is 5.73. The first kappa shape index (κ1) is 22.6. The Labute approximate surface area is 177 Å². The first-order chi connectivity index (χ1) is 11.9. The van der Waals surface area contributed by atoms with Crippen LogP contribution in [0.2, 0.25) is 5.02 Å². The molecule has 0 unspecified atom stereocenters. The van der Waals surface area contributed by atoms with Crippen LogP contribution in [-0.4, -0.2) is 47.9 Å². The van der Waals surface area contributed by atoms with Crippen LogP contribution in [0.1, 0.15) is 17.0 Å². The van der Waals surface area contributed by atoms with Gasteiger partial charge in [-0.15, -0.1) is 24.0 Å². The van der Waals surface area contributed by atoms with Gasteiger partial charge in [0.1, 0.15) is 12.4 Å². The quantitative estimate of drug-likeness (QED) is 0.382. The molecule has 6 nitrogen and oxygen atoms in total. The van der Waals surface area contributed by atoms with Crippen molar-refractivity contribution in [2.45, 2.75) is 20.4 Å². The highest BCUT2D eigenvalue weighted by molar-refractivity contribution is 14.0. The highest BCUT2D eigenvalue weighted by Gasteiger charge is 2.11. The number of hydrogen-bond donors (Lipinski definition) is 1. The second-order valence-corrected chi connectivity index (χ2v) is 6.33. The topological polar surface area (TPSA) is 54.7 Å².